The van der Waals surface area contributed by atoms with Gasteiger partial charge in [0.15, 0.2) is 0 Å². The molecule has 0 bridgehead atoms. The van der Waals surface area contributed by atoms with Crippen molar-refractivity contribution in [1.82, 2.24) is 9.55 Å². The monoisotopic (exact) mass is 245 g/mol. The topological polar surface area (TPSA) is 61.8 Å². The number of nitriles is 1. The highest BCUT2D eigenvalue weighted by Gasteiger charge is 2.18. The molecule has 1 aromatic carbocycles. The maximum atomic E-state index is 13.9. The molecule has 5 heteroatoms. The van der Waals surface area contributed by atoms with Crippen LogP contribution in [0.3, 0.4) is 0 Å². The quantitative estimate of drug-likeness (QED) is 0.883. The maximum Gasteiger partial charge on any atom is 0.147 e. The summed E-state index contributed by atoms with van der Waals surface area (Å²) in [7, 11) is 1.77. The van der Waals surface area contributed by atoms with E-state index in [0.717, 1.165) is 0 Å². The zero-order chi connectivity index (χ0) is 13.3. The zero-order valence-corrected chi connectivity index (χ0v) is 10.1. The lowest BCUT2D eigenvalue weighted by Gasteiger charge is -2.11. The number of imidazole rings is 1. The molecule has 0 aliphatic carbocycles. The summed E-state index contributed by atoms with van der Waals surface area (Å²) in [4.78, 5) is 3.95. The number of phenols is 1. The van der Waals surface area contributed by atoms with Crippen LogP contribution in [-0.4, -0.2) is 14.7 Å². The molecule has 4 nitrogen and oxygen atoms in total. The van der Waals surface area contributed by atoms with Gasteiger partial charge in [0.25, 0.3) is 0 Å². The lowest BCUT2D eigenvalue weighted by molar-refractivity contribution is 0.461. The second-order valence-corrected chi connectivity index (χ2v) is 3.97. The Morgan fingerprint density at radius 2 is 2.28 bits per heavy atom. The Labute approximate surface area is 104 Å². The van der Waals surface area contributed by atoms with Gasteiger partial charge in [0.2, 0.25) is 0 Å². The van der Waals surface area contributed by atoms with Crippen LogP contribution < -0.4 is 0 Å². The maximum absolute atomic E-state index is 13.9. The lowest BCUT2D eigenvalue weighted by atomic mass is 10.00. The highest BCUT2D eigenvalue weighted by molar-refractivity contribution is 5.71. The Morgan fingerprint density at radius 1 is 1.56 bits per heavy atom. The molecule has 18 heavy (non-hydrogen) atoms. The molecule has 92 valence electrons. The molecule has 0 atom stereocenters. The van der Waals surface area contributed by atoms with Gasteiger partial charge in [0.1, 0.15) is 17.6 Å². The van der Waals surface area contributed by atoms with Crippen molar-refractivity contribution in [3.8, 4) is 23.1 Å². The van der Waals surface area contributed by atoms with E-state index in [1.54, 1.807) is 37.1 Å². The number of benzene rings is 1. The van der Waals surface area contributed by atoms with Gasteiger partial charge in [0, 0.05) is 18.2 Å². The van der Waals surface area contributed by atoms with E-state index < -0.39 is 5.82 Å². The predicted octanol–water partition coefficient (Wildman–Crippen LogP) is 2.37. The largest absolute Gasteiger partial charge is 0.507 e. The van der Waals surface area contributed by atoms with E-state index in [4.69, 9.17) is 5.26 Å². The standard InChI is InChI=1S/C13H12FN3O/c1-3-9-12(14)8(5-15)4-10(13(9)18)11-6-16-7-17(11)2/h4,6-7,18H,3H2,1-2H3. The van der Waals surface area contributed by atoms with E-state index in [9.17, 15) is 9.50 Å². The summed E-state index contributed by atoms with van der Waals surface area (Å²) in [5.74, 6) is -0.777. The minimum absolute atomic E-state index is 0.0687. The molecule has 0 aliphatic heterocycles. The Kier molecular flexibility index (Phi) is 3.02. The molecule has 2 rings (SSSR count). The van der Waals surface area contributed by atoms with Gasteiger partial charge in [-0.15, -0.1) is 0 Å². The fraction of sp³-hybridized carbons (Fsp3) is 0.231. The van der Waals surface area contributed by atoms with Crippen molar-refractivity contribution in [1.29, 1.82) is 5.26 Å². The molecule has 0 aliphatic rings. The summed E-state index contributed by atoms with van der Waals surface area (Å²) in [6.45, 7) is 1.73. The van der Waals surface area contributed by atoms with Crippen LogP contribution in [0.2, 0.25) is 0 Å². The van der Waals surface area contributed by atoms with Gasteiger partial charge >= 0.3 is 0 Å². The van der Waals surface area contributed by atoms with E-state index in [2.05, 4.69) is 4.98 Å². The molecule has 0 amide bonds. The Hall–Kier alpha value is -2.35. The summed E-state index contributed by atoms with van der Waals surface area (Å²) >= 11 is 0. The molecule has 0 saturated carbocycles. The van der Waals surface area contributed by atoms with Crippen LogP contribution in [0, 0.1) is 17.1 Å². The number of halogens is 1. The number of hydrogen-bond acceptors (Lipinski definition) is 3. The van der Waals surface area contributed by atoms with E-state index >= 15 is 0 Å². The normalized spacial score (nSPS) is 10.3. The molecular formula is C13H12FN3O. The van der Waals surface area contributed by atoms with Crippen molar-refractivity contribution in [3.05, 3.63) is 35.5 Å². The van der Waals surface area contributed by atoms with Gasteiger partial charge in [-0.05, 0) is 12.5 Å². The second-order valence-electron chi connectivity index (χ2n) is 3.97. The van der Waals surface area contributed by atoms with E-state index in [1.165, 1.54) is 6.07 Å². The van der Waals surface area contributed by atoms with Crippen molar-refractivity contribution in [3.63, 3.8) is 0 Å². The van der Waals surface area contributed by atoms with Crippen molar-refractivity contribution in [2.24, 2.45) is 7.05 Å². The van der Waals surface area contributed by atoms with Crippen LogP contribution in [0.4, 0.5) is 4.39 Å². The summed E-state index contributed by atoms with van der Waals surface area (Å²) < 4.78 is 15.6. The molecule has 1 heterocycles. The summed E-state index contributed by atoms with van der Waals surface area (Å²) in [5, 5.41) is 19.0. The number of phenolic OH excluding ortho intramolecular Hbond substituents is 1. The minimum atomic E-state index is -0.650. The highest BCUT2D eigenvalue weighted by Crippen LogP contribution is 2.35. The second kappa shape index (κ2) is 4.49. The van der Waals surface area contributed by atoms with Crippen LogP contribution >= 0.6 is 0 Å². The number of aromatic hydroxyl groups is 1. The van der Waals surface area contributed by atoms with Crippen molar-refractivity contribution < 1.29 is 9.50 Å². The first-order valence-electron chi connectivity index (χ1n) is 5.51. The third-order valence-electron chi connectivity index (χ3n) is 2.90. The highest BCUT2D eigenvalue weighted by atomic mass is 19.1. The minimum Gasteiger partial charge on any atom is -0.507 e. The molecule has 0 saturated heterocycles. The molecule has 0 radical (unpaired) electrons. The SMILES string of the molecule is CCc1c(O)c(-c2cncn2C)cc(C#N)c1F. The lowest BCUT2D eigenvalue weighted by Crippen LogP contribution is -1.98. The third kappa shape index (κ3) is 1.72. The third-order valence-corrected chi connectivity index (χ3v) is 2.90. The predicted molar refractivity (Wildman–Crippen MR) is 64.4 cm³/mol. The van der Waals surface area contributed by atoms with Gasteiger partial charge in [-0.25, -0.2) is 9.37 Å². The van der Waals surface area contributed by atoms with Crippen LogP contribution in [0.1, 0.15) is 18.1 Å². The molecule has 0 unspecified atom stereocenters. The number of aromatic nitrogens is 2. The van der Waals surface area contributed by atoms with Crippen molar-refractivity contribution >= 4 is 0 Å². The Balaban J connectivity index is 2.77. The van der Waals surface area contributed by atoms with E-state index in [1.807, 2.05) is 0 Å². The first-order valence-corrected chi connectivity index (χ1v) is 5.51. The van der Waals surface area contributed by atoms with Crippen molar-refractivity contribution in [2.45, 2.75) is 13.3 Å². The summed E-state index contributed by atoms with van der Waals surface area (Å²) in [6, 6.07) is 3.15. The summed E-state index contributed by atoms with van der Waals surface area (Å²) in [6.07, 6.45) is 3.46. The van der Waals surface area contributed by atoms with Gasteiger partial charge in [-0.2, -0.15) is 5.26 Å². The first-order chi connectivity index (χ1) is 8.60. The average molecular weight is 245 g/mol. The molecular weight excluding hydrogens is 233 g/mol. The number of hydrogen-bond donors (Lipinski definition) is 1. The molecule has 0 spiro atoms. The fourth-order valence-electron chi connectivity index (χ4n) is 1.92. The van der Waals surface area contributed by atoms with Gasteiger partial charge in [-0.1, -0.05) is 6.92 Å². The number of aryl methyl sites for hydroxylation is 1. The molecule has 0 fully saturated rings. The zero-order valence-electron chi connectivity index (χ0n) is 10.1. The molecule has 1 aromatic heterocycles. The Morgan fingerprint density at radius 3 is 2.78 bits per heavy atom. The van der Waals surface area contributed by atoms with Crippen LogP contribution in [0.5, 0.6) is 5.75 Å². The van der Waals surface area contributed by atoms with Crippen LogP contribution in [0.25, 0.3) is 11.3 Å². The van der Waals surface area contributed by atoms with Crippen molar-refractivity contribution in [2.75, 3.05) is 0 Å². The van der Waals surface area contributed by atoms with Crippen LogP contribution in [-0.2, 0) is 13.5 Å². The smallest absolute Gasteiger partial charge is 0.147 e. The van der Waals surface area contributed by atoms with Gasteiger partial charge in [0.05, 0.1) is 23.8 Å². The summed E-state index contributed by atoms with van der Waals surface area (Å²) in [5.41, 5.74) is 1.15. The number of nitrogens with zero attached hydrogens (tertiary/aromatic N) is 3. The molecule has 2 aromatic rings. The Bertz CT molecular complexity index is 640. The fourth-order valence-corrected chi connectivity index (χ4v) is 1.92. The van der Waals surface area contributed by atoms with E-state index in [0.29, 0.717) is 17.7 Å². The van der Waals surface area contributed by atoms with Crippen LogP contribution in [0.15, 0.2) is 18.6 Å². The van der Waals surface area contributed by atoms with E-state index in [-0.39, 0.29) is 16.9 Å². The molecule has 1 N–H and O–H groups in total. The van der Waals surface area contributed by atoms with Gasteiger partial charge in [-0.3, -0.25) is 0 Å². The number of rotatable bonds is 2. The first kappa shape index (κ1) is 12.1. The average Bonchev–Trinajstić information content (AvgIpc) is 2.77. The van der Waals surface area contributed by atoms with Gasteiger partial charge < -0.3 is 9.67 Å².